The standard InChI is InChI=1S/C12H12N4O4/c17-11(14-9-5-6-9)12(18)15-13-7-8-3-1-2-4-10(8)16(19)20/h1-4,7,9H,5-6H2,(H,14,17)(H,15,18)/b13-7-. The van der Waals surface area contributed by atoms with Gasteiger partial charge in [0.1, 0.15) is 0 Å². The van der Waals surface area contributed by atoms with E-state index in [1.165, 1.54) is 18.2 Å². The van der Waals surface area contributed by atoms with Gasteiger partial charge >= 0.3 is 11.8 Å². The molecule has 0 saturated heterocycles. The first kappa shape index (κ1) is 13.7. The number of nitrogens with one attached hydrogen (secondary N) is 2. The average Bonchev–Trinajstić information content (AvgIpc) is 3.22. The number of carbonyl (C=O) groups excluding carboxylic acids is 2. The van der Waals surface area contributed by atoms with Gasteiger partial charge < -0.3 is 5.32 Å². The third kappa shape index (κ3) is 3.61. The molecule has 20 heavy (non-hydrogen) atoms. The summed E-state index contributed by atoms with van der Waals surface area (Å²) in [7, 11) is 0. The summed E-state index contributed by atoms with van der Waals surface area (Å²) in [6, 6.07) is 6.01. The van der Waals surface area contributed by atoms with Gasteiger partial charge in [0.2, 0.25) is 0 Å². The molecule has 8 heteroatoms. The van der Waals surface area contributed by atoms with E-state index in [0.717, 1.165) is 19.1 Å². The highest BCUT2D eigenvalue weighted by molar-refractivity contribution is 6.35. The zero-order valence-corrected chi connectivity index (χ0v) is 10.4. The molecule has 2 rings (SSSR count). The molecule has 0 aliphatic heterocycles. The summed E-state index contributed by atoms with van der Waals surface area (Å²) in [6.07, 6.45) is 2.87. The summed E-state index contributed by atoms with van der Waals surface area (Å²) in [5.41, 5.74) is 2.13. The van der Waals surface area contributed by atoms with Crippen molar-refractivity contribution in [2.45, 2.75) is 18.9 Å². The number of hydrogen-bond acceptors (Lipinski definition) is 5. The van der Waals surface area contributed by atoms with E-state index in [-0.39, 0.29) is 17.3 Å². The lowest BCUT2D eigenvalue weighted by Gasteiger charge is -2.00. The molecule has 1 saturated carbocycles. The van der Waals surface area contributed by atoms with E-state index in [9.17, 15) is 19.7 Å². The summed E-state index contributed by atoms with van der Waals surface area (Å²) < 4.78 is 0. The Morgan fingerprint density at radius 3 is 2.65 bits per heavy atom. The van der Waals surface area contributed by atoms with Crippen molar-refractivity contribution in [3.63, 3.8) is 0 Å². The van der Waals surface area contributed by atoms with Crippen molar-refractivity contribution >= 4 is 23.7 Å². The van der Waals surface area contributed by atoms with Crippen LogP contribution in [0, 0.1) is 10.1 Å². The Kier molecular flexibility index (Phi) is 4.04. The molecule has 1 aromatic rings. The first-order chi connectivity index (χ1) is 9.58. The summed E-state index contributed by atoms with van der Waals surface area (Å²) >= 11 is 0. The van der Waals surface area contributed by atoms with Gasteiger partial charge in [-0.2, -0.15) is 5.10 Å². The van der Waals surface area contributed by atoms with Gasteiger partial charge in [0.25, 0.3) is 5.69 Å². The van der Waals surface area contributed by atoms with E-state index in [4.69, 9.17) is 0 Å². The van der Waals surface area contributed by atoms with Crippen LogP contribution in [-0.2, 0) is 9.59 Å². The predicted molar refractivity (Wildman–Crippen MR) is 70.0 cm³/mol. The minimum atomic E-state index is -0.897. The lowest BCUT2D eigenvalue weighted by atomic mass is 10.2. The lowest BCUT2D eigenvalue weighted by Crippen LogP contribution is -2.38. The fourth-order valence-electron chi connectivity index (χ4n) is 1.45. The fraction of sp³-hybridized carbons (Fsp3) is 0.250. The van der Waals surface area contributed by atoms with Gasteiger partial charge in [0, 0.05) is 12.1 Å². The van der Waals surface area contributed by atoms with E-state index < -0.39 is 16.7 Å². The second kappa shape index (κ2) is 5.91. The molecule has 0 aromatic heterocycles. The molecule has 0 atom stereocenters. The van der Waals surface area contributed by atoms with Crippen LogP contribution < -0.4 is 10.7 Å². The van der Waals surface area contributed by atoms with E-state index in [0.29, 0.717) is 0 Å². The Hall–Kier alpha value is -2.77. The Bertz CT molecular complexity index is 581. The number of nitrogens with zero attached hydrogens (tertiary/aromatic N) is 2. The van der Waals surface area contributed by atoms with Crippen molar-refractivity contribution in [2.24, 2.45) is 5.10 Å². The predicted octanol–water partition coefficient (Wildman–Crippen LogP) is 0.323. The number of hydrogen-bond donors (Lipinski definition) is 2. The largest absolute Gasteiger partial charge is 0.345 e. The van der Waals surface area contributed by atoms with Crippen LogP contribution in [0.5, 0.6) is 0 Å². The van der Waals surface area contributed by atoms with Crippen LogP contribution in [0.4, 0.5) is 5.69 Å². The van der Waals surface area contributed by atoms with Gasteiger partial charge in [-0.1, -0.05) is 12.1 Å². The van der Waals surface area contributed by atoms with Crippen LogP contribution >= 0.6 is 0 Å². The van der Waals surface area contributed by atoms with Crippen LogP contribution in [0.1, 0.15) is 18.4 Å². The number of rotatable bonds is 4. The Balaban J connectivity index is 1.94. The molecule has 1 aliphatic rings. The zero-order valence-electron chi connectivity index (χ0n) is 10.4. The molecular weight excluding hydrogens is 264 g/mol. The normalized spacial score (nSPS) is 14.0. The molecule has 0 unspecified atom stereocenters. The highest BCUT2D eigenvalue weighted by Gasteiger charge is 2.26. The van der Waals surface area contributed by atoms with Crippen LogP contribution in [0.15, 0.2) is 29.4 Å². The highest BCUT2D eigenvalue weighted by Crippen LogP contribution is 2.18. The fourth-order valence-corrected chi connectivity index (χ4v) is 1.45. The Labute approximate surface area is 114 Å². The molecule has 1 fully saturated rings. The molecule has 0 bridgehead atoms. The first-order valence-corrected chi connectivity index (χ1v) is 5.95. The summed E-state index contributed by atoms with van der Waals surface area (Å²) in [5, 5.41) is 16.8. The highest BCUT2D eigenvalue weighted by atomic mass is 16.6. The molecule has 2 amide bonds. The monoisotopic (exact) mass is 276 g/mol. The molecule has 0 spiro atoms. The molecular formula is C12H12N4O4. The number of benzene rings is 1. The van der Waals surface area contributed by atoms with E-state index >= 15 is 0 Å². The molecule has 8 nitrogen and oxygen atoms in total. The number of amides is 2. The average molecular weight is 276 g/mol. The maximum atomic E-state index is 11.3. The third-order valence-electron chi connectivity index (χ3n) is 2.62. The topological polar surface area (TPSA) is 114 Å². The number of nitro groups is 1. The van der Waals surface area contributed by atoms with Crippen molar-refractivity contribution < 1.29 is 14.5 Å². The maximum Gasteiger partial charge on any atom is 0.329 e. The van der Waals surface area contributed by atoms with Crippen LogP contribution in [0.2, 0.25) is 0 Å². The summed E-state index contributed by atoms with van der Waals surface area (Å²) in [6.45, 7) is 0. The number of nitro benzene ring substituents is 1. The van der Waals surface area contributed by atoms with Crippen molar-refractivity contribution in [1.29, 1.82) is 0 Å². The van der Waals surface area contributed by atoms with Gasteiger partial charge in [-0.15, -0.1) is 0 Å². The second-order valence-electron chi connectivity index (χ2n) is 4.26. The van der Waals surface area contributed by atoms with E-state index in [2.05, 4.69) is 10.4 Å². The van der Waals surface area contributed by atoms with Crippen LogP contribution in [0.25, 0.3) is 0 Å². The SMILES string of the molecule is O=C(N/N=C\c1ccccc1[N+](=O)[O-])C(=O)NC1CC1. The van der Waals surface area contributed by atoms with Gasteiger partial charge in [0.05, 0.1) is 16.7 Å². The molecule has 104 valence electrons. The molecule has 0 heterocycles. The number of carbonyl (C=O) groups is 2. The minimum absolute atomic E-state index is 0.0763. The number of hydrazone groups is 1. The van der Waals surface area contributed by atoms with Crippen molar-refractivity contribution in [1.82, 2.24) is 10.7 Å². The molecule has 0 radical (unpaired) electrons. The Morgan fingerprint density at radius 2 is 2.00 bits per heavy atom. The van der Waals surface area contributed by atoms with Gasteiger partial charge in [-0.25, -0.2) is 5.43 Å². The molecule has 1 aliphatic carbocycles. The summed E-state index contributed by atoms with van der Waals surface area (Å²) in [5.74, 6) is -1.65. The van der Waals surface area contributed by atoms with Crippen molar-refractivity contribution in [3.8, 4) is 0 Å². The van der Waals surface area contributed by atoms with Crippen LogP contribution in [0.3, 0.4) is 0 Å². The van der Waals surface area contributed by atoms with E-state index in [1.54, 1.807) is 6.07 Å². The van der Waals surface area contributed by atoms with E-state index in [1.807, 2.05) is 5.43 Å². The third-order valence-corrected chi connectivity index (χ3v) is 2.62. The van der Waals surface area contributed by atoms with Gasteiger partial charge in [-0.05, 0) is 18.9 Å². The quantitative estimate of drug-likeness (QED) is 0.357. The van der Waals surface area contributed by atoms with Gasteiger partial charge in [-0.3, -0.25) is 19.7 Å². The van der Waals surface area contributed by atoms with Crippen LogP contribution in [-0.4, -0.2) is 29.0 Å². The van der Waals surface area contributed by atoms with Crippen molar-refractivity contribution in [2.75, 3.05) is 0 Å². The minimum Gasteiger partial charge on any atom is -0.345 e. The Morgan fingerprint density at radius 1 is 1.30 bits per heavy atom. The van der Waals surface area contributed by atoms with Crippen molar-refractivity contribution in [3.05, 3.63) is 39.9 Å². The van der Waals surface area contributed by atoms with Gasteiger partial charge in [0.15, 0.2) is 0 Å². The number of para-hydroxylation sites is 1. The zero-order chi connectivity index (χ0) is 14.5. The smallest absolute Gasteiger partial charge is 0.329 e. The summed E-state index contributed by atoms with van der Waals surface area (Å²) in [4.78, 5) is 32.8. The first-order valence-electron chi connectivity index (χ1n) is 5.95. The molecule has 1 aromatic carbocycles. The molecule has 2 N–H and O–H groups in total. The second-order valence-corrected chi connectivity index (χ2v) is 4.26. The maximum absolute atomic E-state index is 11.3. The lowest BCUT2D eigenvalue weighted by molar-refractivity contribution is -0.385.